The number of benzene rings is 1. The number of esters is 1. The Balaban J connectivity index is 3.10. The van der Waals surface area contributed by atoms with Crippen LogP contribution in [0.3, 0.4) is 0 Å². The maximum absolute atomic E-state index is 11.5. The van der Waals surface area contributed by atoms with Crippen LogP contribution in [0.25, 0.3) is 0 Å². The molecule has 1 aromatic rings. The molecule has 4 nitrogen and oxygen atoms in total. The third-order valence-electron chi connectivity index (χ3n) is 2.08. The van der Waals surface area contributed by atoms with E-state index in [0.29, 0.717) is 11.3 Å². The Morgan fingerprint density at radius 2 is 2.00 bits per heavy atom. The van der Waals surface area contributed by atoms with Gasteiger partial charge in [-0.25, -0.2) is 4.79 Å². The maximum atomic E-state index is 11.5. The number of carbonyl (C=O) groups is 1. The monoisotopic (exact) mass is 223 g/mol. The summed E-state index contributed by atoms with van der Waals surface area (Å²) in [7, 11) is 2.96. The van der Waals surface area contributed by atoms with Crippen LogP contribution in [0, 0.1) is 0 Å². The average molecular weight is 223 g/mol. The van der Waals surface area contributed by atoms with E-state index in [2.05, 4.69) is 5.32 Å². The highest BCUT2D eigenvalue weighted by Gasteiger charge is 2.13. The number of rotatable bonds is 4. The molecule has 0 atom stereocenters. The lowest BCUT2D eigenvalue weighted by atomic mass is 10.1. The lowest BCUT2D eigenvalue weighted by Gasteiger charge is -2.14. The van der Waals surface area contributed by atoms with Gasteiger partial charge in [-0.05, 0) is 26.0 Å². The standard InChI is InChI=1S/C12H17NO3/c1-8(2)13-11-7-9(15-3)5-6-10(11)12(14)16-4/h5-8,13H,1-4H3. The van der Waals surface area contributed by atoms with Crippen LogP contribution in [-0.4, -0.2) is 26.2 Å². The number of hydrogen-bond donors (Lipinski definition) is 1. The van der Waals surface area contributed by atoms with E-state index in [0.717, 1.165) is 5.69 Å². The van der Waals surface area contributed by atoms with Gasteiger partial charge in [-0.2, -0.15) is 0 Å². The van der Waals surface area contributed by atoms with Crippen LogP contribution in [0.5, 0.6) is 5.75 Å². The second-order valence-corrected chi connectivity index (χ2v) is 3.70. The van der Waals surface area contributed by atoms with E-state index in [1.807, 2.05) is 13.8 Å². The summed E-state index contributed by atoms with van der Waals surface area (Å²) >= 11 is 0. The fourth-order valence-corrected chi connectivity index (χ4v) is 1.37. The van der Waals surface area contributed by atoms with Gasteiger partial charge in [-0.3, -0.25) is 0 Å². The molecule has 0 saturated heterocycles. The third kappa shape index (κ3) is 2.89. The van der Waals surface area contributed by atoms with E-state index in [1.54, 1.807) is 25.3 Å². The van der Waals surface area contributed by atoms with Crippen LogP contribution in [0.15, 0.2) is 18.2 Å². The molecule has 0 bridgehead atoms. The molecule has 0 radical (unpaired) electrons. The molecule has 0 aliphatic heterocycles. The first-order chi connectivity index (χ1) is 7.58. The fourth-order valence-electron chi connectivity index (χ4n) is 1.37. The Hall–Kier alpha value is -1.71. The number of nitrogens with one attached hydrogen (secondary N) is 1. The van der Waals surface area contributed by atoms with Gasteiger partial charge in [-0.1, -0.05) is 0 Å². The number of ether oxygens (including phenoxy) is 2. The molecule has 1 N–H and O–H groups in total. The van der Waals surface area contributed by atoms with E-state index in [-0.39, 0.29) is 12.0 Å². The van der Waals surface area contributed by atoms with E-state index in [9.17, 15) is 4.79 Å². The molecule has 0 spiro atoms. The number of hydrogen-bond acceptors (Lipinski definition) is 4. The van der Waals surface area contributed by atoms with Crippen molar-refractivity contribution in [1.29, 1.82) is 0 Å². The van der Waals surface area contributed by atoms with Crippen LogP contribution in [0.4, 0.5) is 5.69 Å². The molecule has 0 saturated carbocycles. The third-order valence-corrected chi connectivity index (χ3v) is 2.08. The highest BCUT2D eigenvalue weighted by Crippen LogP contribution is 2.23. The van der Waals surface area contributed by atoms with Crippen LogP contribution in [-0.2, 0) is 4.74 Å². The lowest BCUT2D eigenvalue weighted by molar-refractivity contribution is 0.0602. The van der Waals surface area contributed by atoms with Crippen molar-refractivity contribution < 1.29 is 14.3 Å². The number of methoxy groups -OCH3 is 2. The van der Waals surface area contributed by atoms with Crippen LogP contribution >= 0.6 is 0 Å². The minimum Gasteiger partial charge on any atom is -0.497 e. The Morgan fingerprint density at radius 3 is 2.50 bits per heavy atom. The summed E-state index contributed by atoms with van der Waals surface area (Å²) in [5.74, 6) is 0.349. The molecule has 0 unspecified atom stereocenters. The van der Waals surface area contributed by atoms with Crippen molar-refractivity contribution in [3.63, 3.8) is 0 Å². The smallest absolute Gasteiger partial charge is 0.339 e. The first-order valence-corrected chi connectivity index (χ1v) is 5.11. The zero-order valence-corrected chi connectivity index (χ0v) is 10.0. The molecule has 1 aromatic carbocycles. The van der Waals surface area contributed by atoms with Crippen molar-refractivity contribution in [3.8, 4) is 5.75 Å². The van der Waals surface area contributed by atoms with Gasteiger partial charge < -0.3 is 14.8 Å². The van der Waals surface area contributed by atoms with Crippen molar-refractivity contribution >= 4 is 11.7 Å². The normalized spacial score (nSPS) is 10.1. The molecule has 1 rings (SSSR count). The zero-order chi connectivity index (χ0) is 12.1. The molecule has 0 heterocycles. The van der Waals surface area contributed by atoms with Gasteiger partial charge in [0.05, 0.1) is 25.5 Å². The predicted molar refractivity (Wildman–Crippen MR) is 63.1 cm³/mol. The summed E-state index contributed by atoms with van der Waals surface area (Å²) in [6.45, 7) is 4.00. The predicted octanol–water partition coefficient (Wildman–Crippen LogP) is 2.30. The van der Waals surface area contributed by atoms with Gasteiger partial charge in [-0.15, -0.1) is 0 Å². The molecule has 0 aliphatic carbocycles. The summed E-state index contributed by atoms with van der Waals surface area (Å²) in [4.78, 5) is 11.5. The minimum absolute atomic E-state index is 0.232. The first-order valence-electron chi connectivity index (χ1n) is 5.11. The van der Waals surface area contributed by atoms with Crippen LogP contribution in [0.1, 0.15) is 24.2 Å². The van der Waals surface area contributed by atoms with E-state index < -0.39 is 0 Å². The Morgan fingerprint density at radius 1 is 1.31 bits per heavy atom. The molecule has 0 amide bonds. The average Bonchev–Trinajstić information content (AvgIpc) is 2.27. The van der Waals surface area contributed by atoms with Gasteiger partial charge in [0.25, 0.3) is 0 Å². The molecule has 0 aromatic heterocycles. The van der Waals surface area contributed by atoms with Crippen molar-refractivity contribution in [2.75, 3.05) is 19.5 Å². The summed E-state index contributed by atoms with van der Waals surface area (Å²) in [5, 5.41) is 3.18. The van der Waals surface area contributed by atoms with Crippen molar-refractivity contribution in [1.82, 2.24) is 0 Å². The van der Waals surface area contributed by atoms with Gasteiger partial charge in [0.2, 0.25) is 0 Å². The Labute approximate surface area is 95.6 Å². The highest BCUT2D eigenvalue weighted by molar-refractivity contribution is 5.96. The summed E-state index contributed by atoms with van der Waals surface area (Å²) in [6, 6.07) is 5.44. The summed E-state index contributed by atoms with van der Waals surface area (Å²) in [5.41, 5.74) is 1.23. The topological polar surface area (TPSA) is 47.6 Å². The van der Waals surface area contributed by atoms with Gasteiger partial charge >= 0.3 is 5.97 Å². The van der Waals surface area contributed by atoms with E-state index in [1.165, 1.54) is 7.11 Å². The molecular weight excluding hydrogens is 206 g/mol. The molecule has 4 heteroatoms. The van der Waals surface area contributed by atoms with Gasteiger partial charge in [0.15, 0.2) is 0 Å². The van der Waals surface area contributed by atoms with Crippen molar-refractivity contribution in [2.45, 2.75) is 19.9 Å². The Bertz CT molecular complexity index is 375. The van der Waals surface area contributed by atoms with Crippen molar-refractivity contribution in [3.05, 3.63) is 23.8 Å². The summed E-state index contributed by atoms with van der Waals surface area (Å²) < 4.78 is 9.82. The number of anilines is 1. The highest BCUT2D eigenvalue weighted by atomic mass is 16.5. The second-order valence-electron chi connectivity index (χ2n) is 3.70. The van der Waals surface area contributed by atoms with Crippen molar-refractivity contribution in [2.24, 2.45) is 0 Å². The van der Waals surface area contributed by atoms with Gasteiger partial charge in [0.1, 0.15) is 5.75 Å². The molecule has 88 valence electrons. The van der Waals surface area contributed by atoms with E-state index >= 15 is 0 Å². The SMILES string of the molecule is COC(=O)c1ccc(OC)cc1NC(C)C. The maximum Gasteiger partial charge on any atom is 0.339 e. The van der Waals surface area contributed by atoms with Gasteiger partial charge in [0, 0.05) is 12.1 Å². The largest absolute Gasteiger partial charge is 0.497 e. The molecule has 0 fully saturated rings. The van der Waals surface area contributed by atoms with E-state index in [4.69, 9.17) is 9.47 Å². The number of carbonyl (C=O) groups excluding carboxylic acids is 1. The summed E-state index contributed by atoms with van der Waals surface area (Å²) in [6.07, 6.45) is 0. The quantitative estimate of drug-likeness (QED) is 0.796. The molecule has 0 aliphatic rings. The van der Waals surface area contributed by atoms with Crippen LogP contribution in [0.2, 0.25) is 0 Å². The zero-order valence-electron chi connectivity index (χ0n) is 10.0. The molecule has 16 heavy (non-hydrogen) atoms. The second kappa shape index (κ2) is 5.39. The molecular formula is C12H17NO3. The van der Waals surface area contributed by atoms with Crippen LogP contribution < -0.4 is 10.1 Å². The Kier molecular flexibility index (Phi) is 4.17. The fraction of sp³-hybridized carbons (Fsp3) is 0.417. The minimum atomic E-state index is -0.356. The lowest BCUT2D eigenvalue weighted by Crippen LogP contribution is -2.14. The first kappa shape index (κ1) is 12.4.